The Hall–Kier alpha value is -1.62. The molecule has 2 rings (SSSR count). The third kappa shape index (κ3) is 2.98. The van der Waals surface area contributed by atoms with E-state index >= 15 is 0 Å². The number of nitrogens with two attached hydrogens (primary N) is 1. The van der Waals surface area contributed by atoms with Crippen molar-refractivity contribution in [2.75, 3.05) is 17.2 Å². The van der Waals surface area contributed by atoms with Crippen molar-refractivity contribution in [3.8, 4) is 0 Å². The molecule has 18 heavy (non-hydrogen) atoms. The van der Waals surface area contributed by atoms with Gasteiger partial charge in [0.05, 0.1) is 5.69 Å². The molecule has 0 spiro atoms. The number of pyridine rings is 2. The van der Waals surface area contributed by atoms with Crippen LogP contribution in [0.25, 0.3) is 0 Å². The van der Waals surface area contributed by atoms with Crippen molar-refractivity contribution in [2.45, 2.75) is 13.5 Å². The van der Waals surface area contributed by atoms with Gasteiger partial charge in [-0.15, -0.1) is 0 Å². The number of rotatable bonds is 4. The molecular weight excluding hydrogens is 292 g/mol. The van der Waals surface area contributed by atoms with Gasteiger partial charge in [-0.25, -0.2) is 4.98 Å². The second-order valence-electron chi connectivity index (χ2n) is 3.94. The molecule has 0 aromatic carbocycles. The monoisotopic (exact) mass is 306 g/mol. The zero-order valence-corrected chi connectivity index (χ0v) is 11.8. The summed E-state index contributed by atoms with van der Waals surface area (Å²) in [6, 6.07) is 5.87. The van der Waals surface area contributed by atoms with Crippen molar-refractivity contribution >= 4 is 27.4 Å². The molecule has 5 heteroatoms. The minimum Gasteiger partial charge on any atom is -0.396 e. The van der Waals surface area contributed by atoms with Gasteiger partial charge in [-0.05, 0) is 46.6 Å². The highest BCUT2D eigenvalue weighted by Crippen LogP contribution is 2.24. The normalized spacial score (nSPS) is 10.3. The average Bonchev–Trinajstić information content (AvgIpc) is 2.38. The molecule has 0 amide bonds. The Morgan fingerprint density at radius 2 is 2.06 bits per heavy atom. The van der Waals surface area contributed by atoms with Crippen molar-refractivity contribution in [1.82, 2.24) is 9.97 Å². The third-order valence-electron chi connectivity index (χ3n) is 2.67. The molecule has 2 aromatic rings. The number of aromatic nitrogens is 2. The Labute approximate surface area is 115 Å². The van der Waals surface area contributed by atoms with E-state index in [2.05, 4.69) is 37.7 Å². The van der Waals surface area contributed by atoms with E-state index in [1.165, 1.54) is 5.56 Å². The molecule has 94 valence electrons. The number of anilines is 2. The maximum Gasteiger partial charge on any atom is 0.152 e. The van der Waals surface area contributed by atoms with Gasteiger partial charge < -0.3 is 10.6 Å². The number of hydrogen-bond acceptors (Lipinski definition) is 4. The van der Waals surface area contributed by atoms with Gasteiger partial charge >= 0.3 is 0 Å². The van der Waals surface area contributed by atoms with E-state index in [0.717, 1.165) is 23.4 Å². The summed E-state index contributed by atoms with van der Waals surface area (Å²) in [5.41, 5.74) is 7.88. The Bertz CT molecular complexity index is 516. The van der Waals surface area contributed by atoms with Crippen LogP contribution < -0.4 is 10.6 Å². The van der Waals surface area contributed by atoms with Gasteiger partial charge in [0.15, 0.2) is 5.82 Å². The fraction of sp³-hybridized carbons (Fsp3) is 0.231. The number of halogens is 1. The highest BCUT2D eigenvalue weighted by Gasteiger charge is 2.10. The van der Waals surface area contributed by atoms with Gasteiger partial charge in [0.2, 0.25) is 0 Å². The molecule has 0 radical (unpaired) electrons. The molecule has 2 heterocycles. The summed E-state index contributed by atoms with van der Waals surface area (Å²) in [7, 11) is 0. The average molecular weight is 307 g/mol. The van der Waals surface area contributed by atoms with E-state index in [1.807, 2.05) is 18.2 Å². The Morgan fingerprint density at radius 3 is 2.67 bits per heavy atom. The van der Waals surface area contributed by atoms with Crippen LogP contribution in [0.3, 0.4) is 0 Å². The van der Waals surface area contributed by atoms with Crippen molar-refractivity contribution in [1.29, 1.82) is 0 Å². The van der Waals surface area contributed by atoms with E-state index in [0.29, 0.717) is 5.69 Å². The third-order valence-corrected chi connectivity index (χ3v) is 3.10. The molecule has 0 bridgehead atoms. The molecule has 0 unspecified atom stereocenters. The largest absolute Gasteiger partial charge is 0.396 e. The summed E-state index contributed by atoms with van der Waals surface area (Å²) in [4.78, 5) is 10.5. The van der Waals surface area contributed by atoms with Crippen LogP contribution >= 0.6 is 15.9 Å². The summed E-state index contributed by atoms with van der Waals surface area (Å²) in [5, 5.41) is 0. The van der Waals surface area contributed by atoms with E-state index in [4.69, 9.17) is 5.73 Å². The molecule has 0 aliphatic heterocycles. The summed E-state index contributed by atoms with van der Waals surface area (Å²) in [5.74, 6) is 0.817. The molecular formula is C13H15BrN4. The lowest BCUT2D eigenvalue weighted by Crippen LogP contribution is -2.24. The van der Waals surface area contributed by atoms with Crippen LogP contribution in [0, 0.1) is 0 Å². The Balaban J connectivity index is 2.23. The van der Waals surface area contributed by atoms with Crippen molar-refractivity contribution in [3.63, 3.8) is 0 Å². The molecule has 2 aromatic heterocycles. The van der Waals surface area contributed by atoms with E-state index < -0.39 is 0 Å². The van der Waals surface area contributed by atoms with E-state index in [1.54, 1.807) is 18.6 Å². The predicted molar refractivity (Wildman–Crippen MR) is 77.3 cm³/mol. The second-order valence-corrected chi connectivity index (χ2v) is 4.85. The minimum absolute atomic E-state index is 0.681. The smallest absolute Gasteiger partial charge is 0.152 e. The Kier molecular flexibility index (Phi) is 4.15. The first-order valence-corrected chi connectivity index (χ1v) is 6.55. The van der Waals surface area contributed by atoms with Gasteiger partial charge in [0.1, 0.15) is 0 Å². The van der Waals surface area contributed by atoms with Crippen LogP contribution in [0.15, 0.2) is 41.3 Å². The lowest BCUT2D eigenvalue weighted by atomic mass is 10.2. The fourth-order valence-corrected chi connectivity index (χ4v) is 2.11. The minimum atomic E-state index is 0.681. The van der Waals surface area contributed by atoms with E-state index in [9.17, 15) is 0 Å². The lowest BCUT2D eigenvalue weighted by molar-refractivity contribution is 0.814. The number of hydrogen-bond donors (Lipinski definition) is 1. The highest BCUT2D eigenvalue weighted by atomic mass is 79.9. The molecule has 4 nitrogen and oxygen atoms in total. The number of nitrogens with zero attached hydrogens (tertiary/aromatic N) is 3. The molecule has 0 atom stereocenters. The summed E-state index contributed by atoms with van der Waals surface area (Å²) in [6.45, 7) is 3.71. The quantitative estimate of drug-likeness (QED) is 0.943. The van der Waals surface area contributed by atoms with Crippen LogP contribution in [0.1, 0.15) is 12.5 Å². The predicted octanol–water partition coefficient (Wildman–Crippen LogP) is 2.85. The highest BCUT2D eigenvalue weighted by molar-refractivity contribution is 9.10. The van der Waals surface area contributed by atoms with Crippen LogP contribution in [-0.4, -0.2) is 16.5 Å². The molecule has 0 aliphatic rings. The maximum absolute atomic E-state index is 6.00. The fourth-order valence-electron chi connectivity index (χ4n) is 1.76. The van der Waals surface area contributed by atoms with Gasteiger partial charge in [-0.3, -0.25) is 4.98 Å². The molecule has 0 saturated carbocycles. The number of nitrogen functional groups attached to an aromatic ring is 1. The summed E-state index contributed by atoms with van der Waals surface area (Å²) < 4.78 is 0.892. The zero-order valence-electron chi connectivity index (χ0n) is 10.2. The summed E-state index contributed by atoms with van der Waals surface area (Å²) in [6.07, 6.45) is 5.35. The molecule has 0 aliphatic carbocycles. The molecule has 2 N–H and O–H groups in total. The van der Waals surface area contributed by atoms with Crippen LogP contribution in [0.5, 0.6) is 0 Å². The van der Waals surface area contributed by atoms with Crippen molar-refractivity contribution in [3.05, 3.63) is 46.8 Å². The lowest BCUT2D eigenvalue weighted by Gasteiger charge is -2.23. The molecule has 0 fully saturated rings. The van der Waals surface area contributed by atoms with E-state index in [-0.39, 0.29) is 0 Å². The van der Waals surface area contributed by atoms with Crippen LogP contribution in [-0.2, 0) is 6.54 Å². The Morgan fingerprint density at radius 1 is 1.33 bits per heavy atom. The van der Waals surface area contributed by atoms with Crippen molar-refractivity contribution in [2.24, 2.45) is 0 Å². The van der Waals surface area contributed by atoms with Crippen LogP contribution in [0.2, 0.25) is 0 Å². The zero-order chi connectivity index (χ0) is 13.0. The maximum atomic E-state index is 6.00. The second kappa shape index (κ2) is 5.82. The first-order valence-electron chi connectivity index (χ1n) is 5.75. The van der Waals surface area contributed by atoms with Gasteiger partial charge in [0, 0.05) is 36.2 Å². The van der Waals surface area contributed by atoms with Crippen LogP contribution in [0.4, 0.5) is 11.5 Å². The summed E-state index contributed by atoms with van der Waals surface area (Å²) >= 11 is 3.36. The first-order chi connectivity index (χ1) is 8.70. The van der Waals surface area contributed by atoms with Gasteiger partial charge in [-0.1, -0.05) is 0 Å². The topological polar surface area (TPSA) is 55.0 Å². The first kappa shape index (κ1) is 12.8. The SMILES string of the molecule is CCN(Cc1ccncc1)c1ncc(Br)cc1N. The molecule has 0 saturated heterocycles. The van der Waals surface area contributed by atoms with Gasteiger partial charge in [-0.2, -0.15) is 0 Å². The van der Waals surface area contributed by atoms with Crippen molar-refractivity contribution < 1.29 is 0 Å². The standard InChI is InChI=1S/C13H15BrN4/c1-2-18(9-10-3-5-16-6-4-10)13-12(15)7-11(14)8-17-13/h3-8H,2,9,15H2,1H3. The van der Waals surface area contributed by atoms with Gasteiger partial charge in [0.25, 0.3) is 0 Å².